The third kappa shape index (κ3) is 1.91. The Balaban J connectivity index is 1.85. The number of sulfonamides is 1. The van der Waals surface area contributed by atoms with Crippen LogP contribution in [-0.2, 0) is 23.1 Å². The molecule has 1 aromatic carbocycles. The number of anilines is 1. The van der Waals surface area contributed by atoms with Crippen molar-refractivity contribution in [3.63, 3.8) is 0 Å². The van der Waals surface area contributed by atoms with Crippen molar-refractivity contribution >= 4 is 15.7 Å². The molecule has 0 amide bonds. The molecule has 18 heavy (non-hydrogen) atoms. The number of benzene rings is 1. The molecular formula is C13H18N2O2S. The average molecular weight is 266 g/mol. The molecule has 1 fully saturated rings. The predicted octanol–water partition coefficient (Wildman–Crippen LogP) is 1.86. The zero-order valence-corrected chi connectivity index (χ0v) is 11.1. The van der Waals surface area contributed by atoms with Gasteiger partial charge in [0.1, 0.15) is 0 Å². The van der Waals surface area contributed by atoms with Crippen molar-refractivity contribution in [2.75, 3.05) is 5.73 Å². The van der Waals surface area contributed by atoms with Gasteiger partial charge in [0.2, 0.25) is 10.0 Å². The van der Waals surface area contributed by atoms with E-state index >= 15 is 0 Å². The number of fused-ring (bicyclic) bond motifs is 1. The van der Waals surface area contributed by atoms with Crippen LogP contribution in [0.15, 0.2) is 18.2 Å². The minimum absolute atomic E-state index is 0.163. The first-order valence-corrected chi connectivity index (χ1v) is 7.94. The minimum Gasteiger partial charge on any atom is -0.399 e. The fourth-order valence-corrected chi connectivity index (χ4v) is 4.95. The van der Waals surface area contributed by atoms with E-state index in [1.165, 1.54) is 0 Å². The highest BCUT2D eigenvalue weighted by molar-refractivity contribution is 7.89. The molecule has 1 aromatic rings. The molecule has 0 bridgehead atoms. The summed E-state index contributed by atoms with van der Waals surface area (Å²) in [6, 6.07) is 5.67. The minimum atomic E-state index is -3.13. The molecule has 1 aliphatic heterocycles. The maximum atomic E-state index is 12.5. The summed E-state index contributed by atoms with van der Waals surface area (Å²) in [6.07, 6.45) is 3.71. The van der Waals surface area contributed by atoms with Crippen molar-refractivity contribution < 1.29 is 8.42 Å². The second kappa shape index (κ2) is 4.24. The van der Waals surface area contributed by atoms with Crippen LogP contribution in [-0.4, -0.2) is 18.0 Å². The highest BCUT2D eigenvalue weighted by atomic mass is 32.2. The predicted molar refractivity (Wildman–Crippen MR) is 71.3 cm³/mol. The number of nitrogens with zero attached hydrogens (tertiary/aromatic N) is 1. The van der Waals surface area contributed by atoms with Gasteiger partial charge in [0.25, 0.3) is 0 Å². The fraction of sp³-hybridized carbons (Fsp3) is 0.538. The van der Waals surface area contributed by atoms with Crippen molar-refractivity contribution in [2.45, 2.75) is 44.0 Å². The van der Waals surface area contributed by atoms with Crippen molar-refractivity contribution in [3.05, 3.63) is 29.3 Å². The van der Waals surface area contributed by atoms with Gasteiger partial charge in [-0.3, -0.25) is 0 Å². The zero-order chi connectivity index (χ0) is 12.8. The molecule has 1 saturated carbocycles. The van der Waals surface area contributed by atoms with Crippen LogP contribution >= 0.6 is 0 Å². The van der Waals surface area contributed by atoms with Crippen molar-refractivity contribution in [1.29, 1.82) is 0 Å². The molecule has 98 valence electrons. The summed E-state index contributed by atoms with van der Waals surface area (Å²) in [6.45, 7) is 0.994. The smallest absolute Gasteiger partial charge is 0.217 e. The topological polar surface area (TPSA) is 63.4 Å². The van der Waals surface area contributed by atoms with E-state index in [2.05, 4.69) is 0 Å². The first-order valence-electron chi connectivity index (χ1n) is 6.43. The van der Waals surface area contributed by atoms with Gasteiger partial charge in [-0.15, -0.1) is 0 Å². The zero-order valence-electron chi connectivity index (χ0n) is 10.3. The van der Waals surface area contributed by atoms with Gasteiger partial charge in [0.15, 0.2) is 0 Å². The van der Waals surface area contributed by atoms with Crippen molar-refractivity contribution in [3.8, 4) is 0 Å². The Hall–Kier alpha value is -1.07. The van der Waals surface area contributed by atoms with Gasteiger partial charge in [-0.05, 0) is 36.1 Å². The number of nitrogens with two attached hydrogens (primary N) is 1. The molecular weight excluding hydrogens is 248 g/mol. The van der Waals surface area contributed by atoms with Crippen LogP contribution in [0.5, 0.6) is 0 Å². The third-order valence-electron chi connectivity index (χ3n) is 4.01. The molecule has 5 heteroatoms. The van der Waals surface area contributed by atoms with Crippen LogP contribution in [0.1, 0.15) is 36.8 Å². The largest absolute Gasteiger partial charge is 0.399 e. The lowest BCUT2D eigenvalue weighted by Crippen LogP contribution is -2.33. The fourth-order valence-electron chi connectivity index (χ4n) is 2.96. The van der Waals surface area contributed by atoms with Crippen molar-refractivity contribution in [2.24, 2.45) is 0 Å². The van der Waals surface area contributed by atoms with Crippen LogP contribution in [0.2, 0.25) is 0 Å². The van der Waals surface area contributed by atoms with Crippen LogP contribution in [0.25, 0.3) is 0 Å². The van der Waals surface area contributed by atoms with E-state index in [9.17, 15) is 8.42 Å². The molecule has 1 heterocycles. The van der Waals surface area contributed by atoms with Crippen LogP contribution in [0.3, 0.4) is 0 Å². The van der Waals surface area contributed by atoms with Gasteiger partial charge < -0.3 is 5.73 Å². The summed E-state index contributed by atoms with van der Waals surface area (Å²) in [5.74, 6) is 0. The van der Waals surface area contributed by atoms with Crippen LogP contribution in [0, 0.1) is 0 Å². The average Bonchev–Trinajstić information content (AvgIpc) is 2.97. The van der Waals surface area contributed by atoms with Gasteiger partial charge in [-0.25, -0.2) is 8.42 Å². The summed E-state index contributed by atoms with van der Waals surface area (Å²) >= 11 is 0. The van der Waals surface area contributed by atoms with Gasteiger partial charge in [0.05, 0.1) is 5.25 Å². The molecule has 3 rings (SSSR count). The van der Waals surface area contributed by atoms with Crippen LogP contribution < -0.4 is 5.73 Å². The van der Waals surface area contributed by atoms with E-state index in [4.69, 9.17) is 5.73 Å². The number of hydrogen-bond donors (Lipinski definition) is 1. The maximum Gasteiger partial charge on any atom is 0.217 e. The molecule has 0 unspecified atom stereocenters. The van der Waals surface area contributed by atoms with Crippen molar-refractivity contribution in [1.82, 2.24) is 4.31 Å². The Kier molecular flexibility index (Phi) is 2.83. The van der Waals surface area contributed by atoms with E-state index < -0.39 is 10.0 Å². The molecule has 0 spiro atoms. The van der Waals surface area contributed by atoms with Gasteiger partial charge in [0, 0.05) is 18.8 Å². The summed E-state index contributed by atoms with van der Waals surface area (Å²) in [4.78, 5) is 0. The lowest BCUT2D eigenvalue weighted by molar-refractivity contribution is 0.422. The van der Waals surface area contributed by atoms with E-state index in [0.29, 0.717) is 18.8 Å². The van der Waals surface area contributed by atoms with Gasteiger partial charge in [-0.1, -0.05) is 18.9 Å². The molecule has 1 aliphatic carbocycles. The number of rotatable bonds is 2. The maximum absolute atomic E-state index is 12.5. The van der Waals surface area contributed by atoms with E-state index in [-0.39, 0.29) is 5.25 Å². The Morgan fingerprint density at radius 2 is 1.78 bits per heavy atom. The lowest BCUT2D eigenvalue weighted by atomic mass is 10.1. The molecule has 4 nitrogen and oxygen atoms in total. The normalized spacial score (nSPS) is 21.3. The Bertz CT molecular complexity index is 562. The van der Waals surface area contributed by atoms with E-state index in [1.807, 2.05) is 18.2 Å². The van der Waals surface area contributed by atoms with Gasteiger partial charge >= 0.3 is 0 Å². The van der Waals surface area contributed by atoms with E-state index in [1.54, 1.807) is 4.31 Å². The highest BCUT2D eigenvalue weighted by Gasteiger charge is 2.36. The standard InChI is InChI=1S/C13H18N2O2S/c14-12-6-5-10-8-15(9-11(10)7-12)18(16,17)13-3-1-2-4-13/h5-7,13H,1-4,8-9,14H2. The summed E-state index contributed by atoms with van der Waals surface area (Å²) in [7, 11) is -3.13. The molecule has 0 saturated heterocycles. The first-order chi connectivity index (χ1) is 8.57. The third-order valence-corrected chi connectivity index (χ3v) is 6.30. The SMILES string of the molecule is Nc1ccc2c(c1)CN(S(=O)(=O)C1CCCC1)C2. The molecule has 0 radical (unpaired) electrons. The molecule has 2 aliphatic rings. The Morgan fingerprint density at radius 1 is 1.11 bits per heavy atom. The van der Waals surface area contributed by atoms with Crippen LogP contribution in [0.4, 0.5) is 5.69 Å². The molecule has 0 atom stereocenters. The summed E-state index contributed by atoms with van der Waals surface area (Å²) < 4.78 is 26.6. The Labute approximate surface area is 108 Å². The lowest BCUT2D eigenvalue weighted by Gasteiger charge is -2.20. The highest BCUT2D eigenvalue weighted by Crippen LogP contribution is 2.33. The first kappa shape index (κ1) is 12.0. The summed E-state index contributed by atoms with van der Waals surface area (Å²) in [5, 5.41) is -0.163. The molecule has 2 N–H and O–H groups in total. The Morgan fingerprint density at radius 3 is 2.50 bits per heavy atom. The quantitative estimate of drug-likeness (QED) is 0.831. The van der Waals surface area contributed by atoms with E-state index in [0.717, 1.165) is 36.8 Å². The molecule has 0 aromatic heterocycles. The number of hydrogen-bond acceptors (Lipinski definition) is 3. The van der Waals surface area contributed by atoms with Gasteiger partial charge in [-0.2, -0.15) is 4.31 Å². The summed E-state index contributed by atoms with van der Waals surface area (Å²) in [5.41, 5.74) is 8.58. The second-order valence-corrected chi connectivity index (χ2v) is 7.46. The monoisotopic (exact) mass is 266 g/mol. The second-order valence-electron chi connectivity index (χ2n) is 5.25. The number of nitrogen functional groups attached to an aromatic ring is 1.